The molecular weight excluding hydrogens is 330 g/mol. The van der Waals surface area contributed by atoms with E-state index in [4.69, 9.17) is 14.0 Å². The van der Waals surface area contributed by atoms with Crippen LogP contribution in [0.5, 0.6) is 11.5 Å². The fourth-order valence-corrected chi connectivity index (χ4v) is 3.58. The second-order valence-electron chi connectivity index (χ2n) is 5.19. The Morgan fingerprint density at radius 3 is 2.92 bits per heavy atom. The van der Waals surface area contributed by atoms with Crippen molar-refractivity contribution < 1.29 is 14.0 Å². The number of aromatic amines is 1. The number of H-pyrrole nitrogens is 1. The molecule has 118 valence electrons. The van der Waals surface area contributed by atoms with Gasteiger partial charge < -0.3 is 19.0 Å². The van der Waals surface area contributed by atoms with Crippen LogP contribution < -0.4 is 15.0 Å². The zero-order valence-electron chi connectivity index (χ0n) is 12.1. The molecule has 5 rings (SSSR count). The van der Waals surface area contributed by atoms with Crippen LogP contribution >= 0.6 is 11.3 Å². The van der Waals surface area contributed by atoms with E-state index in [9.17, 15) is 4.79 Å². The topological polar surface area (TPSA) is 90.2 Å². The maximum Gasteiger partial charge on any atom is 0.269 e. The number of ether oxygens (including phenoxy) is 2. The van der Waals surface area contributed by atoms with E-state index >= 15 is 0 Å². The second-order valence-corrected chi connectivity index (χ2v) is 6.24. The number of aromatic nitrogens is 3. The first-order valence-electron chi connectivity index (χ1n) is 7.12. The summed E-state index contributed by atoms with van der Waals surface area (Å²) in [6.07, 6.45) is 1.44. The van der Waals surface area contributed by atoms with Crippen LogP contribution in [0.3, 0.4) is 0 Å². The molecule has 0 spiro atoms. The molecule has 4 aromatic rings. The van der Waals surface area contributed by atoms with E-state index in [1.54, 1.807) is 6.07 Å². The highest BCUT2D eigenvalue weighted by atomic mass is 32.1. The van der Waals surface area contributed by atoms with Crippen molar-refractivity contribution in [2.24, 2.45) is 0 Å². The van der Waals surface area contributed by atoms with Crippen LogP contribution in [0.1, 0.15) is 0 Å². The minimum atomic E-state index is -0.199. The molecule has 8 heteroatoms. The molecule has 0 amide bonds. The summed E-state index contributed by atoms with van der Waals surface area (Å²) >= 11 is 1.38. The van der Waals surface area contributed by atoms with E-state index < -0.39 is 0 Å². The normalized spacial score (nSPS) is 12.8. The zero-order chi connectivity index (χ0) is 16.1. The molecule has 0 atom stereocenters. The van der Waals surface area contributed by atoms with Gasteiger partial charge in [0.1, 0.15) is 16.7 Å². The summed E-state index contributed by atoms with van der Waals surface area (Å²) in [6, 6.07) is 9.23. The van der Waals surface area contributed by atoms with Gasteiger partial charge in [-0.2, -0.15) is 0 Å². The van der Waals surface area contributed by atoms with Crippen LogP contribution in [0, 0.1) is 0 Å². The Morgan fingerprint density at radius 2 is 2.04 bits per heavy atom. The number of fused-ring (bicyclic) bond motifs is 2. The molecular formula is C16H9N3O4S. The number of nitrogens with one attached hydrogen (secondary N) is 1. The highest BCUT2D eigenvalue weighted by Gasteiger charge is 2.16. The van der Waals surface area contributed by atoms with Gasteiger partial charge in [0, 0.05) is 10.9 Å². The quantitative estimate of drug-likeness (QED) is 0.604. The maximum absolute atomic E-state index is 12.3. The van der Waals surface area contributed by atoms with Crippen LogP contribution in [0.4, 0.5) is 0 Å². The van der Waals surface area contributed by atoms with Crippen molar-refractivity contribution in [3.8, 4) is 33.5 Å². The van der Waals surface area contributed by atoms with Crippen LogP contribution in [0.2, 0.25) is 0 Å². The van der Waals surface area contributed by atoms with Crippen molar-refractivity contribution in [1.82, 2.24) is 15.1 Å². The number of thiophene rings is 1. The minimum Gasteiger partial charge on any atom is -0.454 e. The number of hydrogen-bond acceptors (Lipinski definition) is 7. The number of hydrogen-bond donors (Lipinski definition) is 1. The van der Waals surface area contributed by atoms with Crippen molar-refractivity contribution in [3.63, 3.8) is 0 Å². The minimum absolute atomic E-state index is 0.199. The molecule has 0 unspecified atom stereocenters. The molecule has 0 fully saturated rings. The van der Waals surface area contributed by atoms with Gasteiger partial charge in [-0.05, 0) is 29.8 Å². The number of nitrogens with zero attached hydrogens (tertiary/aromatic N) is 2. The first-order chi connectivity index (χ1) is 11.8. The van der Waals surface area contributed by atoms with Gasteiger partial charge in [0.2, 0.25) is 6.79 Å². The Morgan fingerprint density at radius 1 is 1.12 bits per heavy atom. The average molecular weight is 339 g/mol. The molecule has 1 aliphatic heterocycles. The lowest BCUT2D eigenvalue weighted by atomic mass is 10.1. The molecule has 3 aromatic heterocycles. The Labute approximate surface area is 138 Å². The monoisotopic (exact) mass is 339 g/mol. The Kier molecular flexibility index (Phi) is 2.74. The fraction of sp³-hybridized carbons (Fsp3) is 0.0625. The molecule has 0 radical (unpaired) electrons. The van der Waals surface area contributed by atoms with Crippen molar-refractivity contribution in [1.29, 1.82) is 0 Å². The van der Waals surface area contributed by atoms with Crippen LogP contribution in [0.15, 0.2) is 45.9 Å². The number of benzene rings is 1. The molecule has 0 aliphatic carbocycles. The molecule has 1 aliphatic rings. The average Bonchev–Trinajstić information content (AvgIpc) is 3.33. The van der Waals surface area contributed by atoms with Gasteiger partial charge in [-0.1, -0.05) is 5.16 Å². The summed E-state index contributed by atoms with van der Waals surface area (Å²) in [5, 5.41) is 3.80. The SMILES string of the molecule is O=c1[nH]c(-c2ccon2)nc2cc(-c3ccc4c(c3)OCO4)sc12. The lowest BCUT2D eigenvalue weighted by molar-refractivity contribution is 0.174. The highest BCUT2D eigenvalue weighted by Crippen LogP contribution is 2.38. The molecule has 4 heterocycles. The van der Waals surface area contributed by atoms with E-state index in [1.165, 1.54) is 17.6 Å². The van der Waals surface area contributed by atoms with E-state index in [2.05, 4.69) is 15.1 Å². The lowest BCUT2D eigenvalue weighted by Gasteiger charge is -1.99. The van der Waals surface area contributed by atoms with E-state index in [0.29, 0.717) is 27.5 Å². The fourth-order valence-electron chi connectivity index (χ4n) is 2.59. The number of rotatable bonds is 2. The van der Waals surface area contributed by atoms with Gasteiger partial charge in [0.15, 0.2) is 17.3 Å². The summed E-state index contributed by atoms with van der Waals surface area (Å²) in [7, 11) is 0. The predicted octanol–water partition coefficient (Wildman–Crippen LogP) is 3.04. The molecule has 0 saturated heterocycles. The van der Waals surface area contributed by atoms with E-state index in [-0.39, 0.29) is 12.4 Å². The smallest absolute Gasteiger partial charge is 0.269 e. The summed E-state index contributed by atoms with van der Waals surface area (Å²) in [4.78, 5) is 20.5. The van der Waals surface area contributed by atoms with Crippen LogP contribution in [-0.4, -0.2) is 21.9 Å². The predicted molar refractivity (Wildman–Crippen MR) is 87.3 cm³/mol. The Hall–Kier alpha value is -3.13. The second kappa shape index (κ2) is 4.93. The summed E-state index contributed by atoms with van der Waals surface area (Å²) in [5.41, 5.74) is 1.86. The third kappa shape index (κ3) is 2.00. The van der Waals surface area contributed by atoms with Gasteiger partial charge >= 0.3 is 0 Å². The van der Waals surface area contributed by atoms with Gasteiger partial charge in [-0.15, -0.1) is 11.3 Å². The highest BCUT2D eigenvalue weighted by molar-refractivity contribution is 7.22. The summed E-state index contributed by atoms with van der Waals surface area (Å²) < 4.78 is 16.1. The van der Waals surface area contributed by atoms with E-state index in [1.807, 2.05) is 24.3 Å². The van der Waals surface area contributed by atoms with Gasteiger partial charge in [0.25, 0.3) is 5.56 Å². The zero-order valence-corrected chi connectivity index (χ0v) is 12.9. The van der Waals surface area contributed by atoms with Crippen molar-refractivity contribution in [2.75, 3.05) is 6.79 Å². The third-order valence-electron chi connectivity index (χ3n) is 3.72. The molecule has 1 aromatic carbocycles. The first kappa shape index (κ1) is 13.3. The van der Waals surface area contributed by atoms with Gasteiger partial charge in [-0.3, -0.25) is 4.79 Å². The van der Waals surface area contributed by atoms with Gasteiger partial charge in [0.05, 0.1) is 5.52 Å². The maximum atomic E-state index is 12.3. The van der Waals surface area contributed by atoms with Gasteiger partial charge in [-0.25, -0.2) is 4.98 Å². The van der Waals surface area contributed by atoms with Crippen molar-refractivity contribution >= 4 is 21.6 Å². The van der Waals surface area contributed by atoms with Crippen LogP contribution in [-0.2, 0) is 0 Å². The Bertz CT molecular complexity index is 1110. The first-order valence-corrected chi connectivity index (χ1v) is 7.94. The summed E-state index contributed by atoms with van der Waals surface area (Å²) in [5.74, 6) is 1.82. The largest absolute Gasteiger partial charge is 0.454 e. The molecule has 0 bridgehead atoms. The molecule has 0 saturated carbocycles. The molecule has 7 nitrogen and oxygen atoms in total. The Balaban J connectivity index is 1.66. The molecule has 1 N–H and O–H groups in total. The summed E-state index contributed by atoms with van der Waals surface area (Å²) in [6.45, 7) is 0.230. The van der Waals surface area contributed by atoms with Crippen LogP contribution in [0.25, 0.3) is 32.2 Å². The van der Waals surface area contributed by atoms with Crippen molar-refractivity contribution in [3.05, 3.63) is 46.9 Å². The van der Waals surface area contributed by atoms with Crippen molar-refractivity contribution in [2.45, 2.75) is 0 Å². The lowest BCUT2D eigenvalue weighted by Crippen LogP contribution is -2.07. The van der Waals surface area contributed by atoms with E-state index in [0.717, 1.165) is 16.2 Å². The standard InChI is InChI=1S/C16H9N3O4S/c20-16-14-10(17-15(18-16)9-3-4-23-19-9)6-13(24-14)8-1-2-11-12(5-8)22-7-21-11/h1-6H,7H2,(H,17,18,20). The molecule has 24 heavy (non-hydrogen) atoms. The third-order valence-corrected chi connectivity index (χ3v) is 4.89.